The fourth-order valence-electron chi connectivity index (χ4n) is 2.32. The smallest absolute Gasteiger partial charge is 0.234 e. The average molecular weight is 243 g/mol. The lowest BCUT2D eigenvalue weighted by Crippen LogP contribution is -2.40. The summed E-state index contributed by atoms with van der Waals surface area (Å²) in [6.45, 7) is 3.45. The first kappa shape index (κ1) is 14.4. The Bertz CT molecular complexity index is 224. The number of carbonyl (C=O) groups is 1. The van der Waals surface area contributed by atoms with Crippen molar-refractivity contribution in [1.29, 1.82) is 0 Å². The molecule has 1 heterocycles. The van der Waals surface area contributed by atoms with E-state index in [-0.39, 0.29) is 5.91 Å². The summed E-state index contributed by atoms with van der Waals surface area (Å²) >= 11 is 0. The fraction of sp³-hybridized carbons (Fsp3) is 0.917. The third-order valence-corrected chi connectivity index (χ3v) is 3.22. The van der Waals surface area contributed by atoms with Gasteiger partial charge in [0.15, 0.2) is 0 Å². The number of amides is 1. The van der Waals surface area contributed by atoms with E-state index in [1.54, 1.807) is 7.11 Å². The molecule has 1 fully saturated rings. The van der Waals surface area contributed by atoms with E-state index in [9.17, 15) is 4.79 Å². The second kappa shape index (κ2) is 8.44. The Morgan fingerprint density at radius 1 is 1.59 bits per heavy atom. The van der Waals surface area contributed by atoms with E-state index in [4.69, 9.17) is 10.5 Å². The van der Waals surface area contributed by atoms with Gasteiger partial charge in [0.2, 0.25) is 5.91 Å². The van der Waals surface area contributed by atoms with Gasteiger partial charge in [0.1, 0.15) is 0 Å². The van der Waals surface area contributed by atoms with Gasteiger partial charge in [0, 0.05) is 19.7 Å². The minimum Gasteiger partial charge on any atom is -0.383 e. The molecular weight excluding hydrogens is 218 g/mol. The molecule has 5 nitrogen and oxygen atoms in total. The van der Waals surface area contributed by atoms with Crippen molar-refractivity contribution in [3.63, 3.8) is 0 Å². The molecule has 1 atom stereocenters. The van der Waals surface area contributed by atoms with Crippen molar-refractivity contribution in [2.75, 3.05) is 39.9 Å². The van der Waals surface area contributed by atoms with E-state index in [0.29, 0.717) is 25.7 Å². The van der Waals surface area contributed by atoms with Gasteiger partial charge in [-0.25, -0.2) is 0 Å². The van der Waals surface area contributed by atoms with Gasteiger partial charge in [-0.05, 0) is 38.8 Å². The first-order valence-electron chi connectivity index (χ1n) is 6.47. The maximum Gasteiger partial charge on any atom is 0.234 e. The molecule has 1 rings (SSSR count). The lowest BCUT2D eigenvalue weighted by molar-refractivity contribution is -0.122. The summed E-state index contributed by atoms with van der Waals surface area (Å²) < 4.78 is 4.89. The monoisotopic (exact) mass is 243 g/mol. The van der Waals surface area contributed by atoms with E-state index in [0.717, 1.165) is 25.9 Å². The molecule has 5 heteroatoms. The normalized spacial score (nSPS) is 20.7. The second-order valence-electron chi connectivity index (χ2n) is 4.54. The lowest BCUT2D eigenvalue weighted by Gasteiger charge is -2.23. The molecule has 1 amide bonds. The maximum atomic E-state index is 11.7. The lowest BCUT2D eigenvalue weighted by atomic mass is 10.1. The molecule has 100 valence electrons. The van der Waals surface area contributed by atoms with Crippen molar-refractivity contribution in [1.82, 2.24) is 10.2 Å². The molecule has 0 radical (unpaired) electrons. The van der Waals surface area contributed by atoms with Crippen LogP contribution in [0.3, 0.4) is 0 Å². The summed E-state index contributed by atoms with van der Waals surface area (Å²) in [4.78, 5) is 13.9. The number of nitrogens with zero attached hydrogens (tertiary/aromatic N) is 1. The first-order chi connectivity index (χ1) is 8.27. The number of nitrogens with two attached hydrogens (primary N) is 1. The van der Waals surface area contributed by atoms with Crippen LogP contribution in [0.5, 0.6) is 0 Å². The number of likely N-dealkylation sites (tertiary alicyclic amines) is 1. The number of hydrogen-bond acceptors (Lipinski definition) is 4. The summed E-state index contributed by atoms with van der Waals surface area (Å²) in [7, 11) is 1.63. The highest BCUT2D eigenvalue weighted by atomic mass is 16.5. The highest BCUT2D eigenvalue weighted by Crippen LogP contribution is 2.20. The Balaban J connectivity index is 2.21. The molecule has 1 unspecified atom stereocenters. The molecule has 0 spiro atoms. The molecule has 3 N–H and O–H groups in total. The van der Waals surface area contributed by atoms with Crippen LogP contribution in [0.25, 0.3) is 0 Å². The van der Waals surface area contributed by atoms with Crippen LogP contribution >= 0.6 is 0 Å². The predicted octanol–water partition coefficient (Wildman–Crippen LogP) is -0.0477. The van der Waals surface area contributed by atoms with Crippen molar-refractivity contribution in [3.05, 3.63) is 0 Å². The van der Waals surface area contributed by atoms with Crippen LogP contribution in [-0.4, -0.2) is 56.7 Å². The SMILES string of the molecule is COCCNC(=O)CN1CCCC1CCCN. The van der Waals surface area contributed by atoms with Gasteiger partial charge in [0.25, 0.3) is 0 Å². The molecule has 17 heavy (non-hydrogen) atoms. The summed E-state index contributed by atoms with van der Waals surface area (Å²) in [5, 5.41) is 2.86. The molecule has 1 aliphatic rings. The van der Waals surface area contributed by atoms with Gasteiger partial charge in [-0.2, -0.15) is 0 Å². The molecular formula is C12H25N3O2. The van der Waals surface area contributed by atoms with E-state index in [1.165, 1.54) is 12.8 Å². The van der Waals surface area contributed by atoms with Gasteiger partial charge < -0.3 is 15.8 Å². The van der Waals surface area contributed by atoms with Crippen molar-refractivity contribution in [3.8, 4) is 0 Å². The highest BCUT2D eigenvalue weighted by molar-refractivity contribution is 5.78. The molecule has 1 saturated heterocycles. The van der Waals surface area contributed by atoms with E-state index in [2.05, 4.69) is 10.2 Å². The number of methoxy groups -OCH3 is 1. The van der Waals surface area contributed by atoms with Crippen molar-refractivity contribution in [2.45, 2.75) is 31.7 Å². The van der Waals surface area contributed by atoms with Gasteiger partial charge in [-0.3, -0.25) is 9.69 Å². The first-order valence-corrected chi connectivity index (χ1v) is 6.47. The van der Waals surface area contributed by atoms with Gasteiger partial charge in [0.05, 0.1) is 13.2 Å². The molecule has 1 aliphatic heterocycles. The van der Waals surface area contributed by atoms with Crippen LogP contribution in [-0.2, 0) is 9.53 Å². The van der Waals surface area contributed by atoms with E-state index in [1.807, 2.05) is 0 Å². The number of hydrogen-bond donors (Lipinski definition) is 2. The number of ether oxygens (including phenoxy) is 1. The third-order valence-electron chi connectivity index (χ3n) is 3.22. The minimum atomic E-state index is 0.0988. The van der Waals surface area contributed by atoms with Crippen molar-refractivity contribution < 1.29 is 9.53 Å². The number of carbonyl (C=O) groups excluding carboxylic acids is 1. The Morgan fingerprint density at radius 2 is 2.41 bits per heavy atom. The molecule has 0 saturated carbocycles. The minimum absolute atomic E-state index is 0.0988. The summed E-state index contributed by atoms with van der Waals surface area (Å²) in [6.07, 6.45) is 4.56. The van der Waals surface area contributed by atoms with Crippen LogP contribution in [0.15, 0.2) is 0 Å². The Hall–Kier alpha value is -0.650. The summed E-state index contributed by atoms with van der Waals surface area (Å²) in [5.74, 6) is 0.0988. The zero-order chi connectivity index (χ0) is 12.5. The molecule has 0 bridgehead atoms. The third kappa shape index (κ3) is 5.48. The standard InChI is InChI=1S/C12H25N3O2/c1-17-9-7-14-12(16)10-15-8-3-5-11(15)4-2-6-13/h11H,2-10,13H2,1H3,(H,14,16). The Labute approximate surface area is 104 Å². The van der Waals surface area contributed by atoms with Crippen molar-refractivity contribution >= 4 is 5.91 Å². The quantitative estimate of drug-likeness (QED) is 0.587. The number of rotatable bonds is 8. The van der Waals surface area contributed by atoms with E-state index >= 15 is 0 Å². The van der Waals surface area contributed by atoms with Gasteiger partial charge >= 0.3 is 0 Å². The van der Waals surface area contributed by atoms with Crippen LogP contribution in [0.1, 0.15) is 25.7 Å². The fourth-order valence-corrected chi connectivity index (χ4v) is 2.32. The highest BCUT2D eigenvalue weighted by Gasteiger charge is 2.25. The van der Waals surface area contributed by atoms with Crippen LogP contribution < -0.4 is 11.1 Å². The molecule has 0 aromatic rings. The van der Waals surface area contributed by atoms with Crippen LogP contribution in [0.2, 0.25) is 0 Å². The Morgan fingerprint density at radius 3 is 3.12 bits per heavy atom. The summed E-state index contributed by atoms with van der Waals surface area (Å²) in [6, 6.07) is 0.548. The summed E-state index contributed by atoms with van der Waals surface area (Å²) in [5.41, 5.74) is 5.52. The maximum absolute atomic E-state index is 11.7. The van der Waals surface area contributed by atoms with Crippen LogP contribution in [0, 0.1) is 0 Å². The second-order valence-corrected chi connectivity index (χ2v) is 4.54. The zero-order valence-electron chi connectivity index (χ0n) is 10.8. The largest absolute Gasteiger partial charge is 0.383 e. The predicted molar refractivity (Wildman–Crippen MR) is 67.8 cm³/mol. The average Bonchev–Trinajstić information content (AvgIpc) is 2.74. The molecule has 0 aromatic carbocycles. The molecule has 0 aromatic heterocycles. The van der Waals surface area contributed by atoms with Gasteiger partial charge in [-0.1, -0.05) is 0 Å². The van der Waals surface area contributed by atoms with E-state index < -0.39 is 0 Å². The number of nitrogens with one attached hydrogen (secondary N) is 1. The van der Waals surface area contributed by atoms with Crippen molar-refractivity contribution in [2.24, 2.45) is 5.73 Å². The van der Waals surface area contributed by atoms with Crippen LogP contribution in [0.4, 0.5) is 0 Å². The zero-order valence-corrected chi connectivity index (χ0v) is 10.8. The van der Waals surface area contributed by atoms with Gasteiger partial charge in [-0.15, -0.1) is 0 Å². The topological polar surface area (TPSA) is 67.6 Å². The molecule has 0 aliphatic carbocycles. The Kier molecular flexibility index (Phi) is 7.16.